The molecular weight excluding hydrogens is 384 g/mol. The Labute approximate surface area is 152 Å². The second-order valence-electron chi connectivity index (χ2n) is 6.32. The van der Waals surface area contributed by atoms with Gasteiger partial charge < -0.3 is 13.5 Å². The zero-order chi connectivity index (χ0) is 16.8. The zero-order valence-electron chi connectivity index (χ0n) is 13.4. The Morgan fingerprint density at radius 1 is 1.12 bits per heavy atom. The van der Waals surface area contributed by atoms with E-state index in [0.29, 0.717) is 28.2 Å². The van der Waals surface area contributed by atoms with Crippen molar-refractivity contribution >= 4 is 27.0 Å². The number of hydrogen-bond donors (Lipinski definition) is 0. The number of benzene rings is 1. The summed E-state index contributed by atoms with van der Waals surface area (Å²) in [7, 11) is 0. The fourth-order valence-corrected chi connectivity index (χ4v) is 3.82. The first kappa shape index (κ1) is 14.9. The van der Waals surface area contributed by atoms with Crippen LogP contribution in [0.15, 0.2) is 50.3 Å². The molecule has 25 heavy (non-hydrogen) atoms. The largest absolute Gasteiger partial charge is 0.444 e. The highest BCUT2D eigenvalue weighted by Gasteiger charge is 2.19. The summed E-state index contributed by atoms with van der Waals surface area (Å²) >= 11 is 3.27. The Morgan fingerprint density at radius 3 is 2.80 bits per heavy atom. The lowest BCUT2D eigenvalue weighted by Crippen LogP contribution is -2.02. The summed E-state index contributed by atoms with van der Waals surface area (Å²) < 4.78 is 13.7. The smallest absolute Gasteiger partial charge is 0.293 e. The predicted octanol–water partition coefficient (Wildman–Crippen LogP) is 5.22. The molecule has 6 nitrogen and oxygen atoms in total. The third-order valence-corrected chi connectivity index (χ3v) is 5.19. The van der Waals surface area contributed by atoms with Crippen LogP contribution in [-0.4, -0.2) is 19.7 Å². The van der Waals surface area contributed by atoms with Crippen LogP contribution in [0.5, 0.6) is 0 Å². The second kappa shape index (κ2) is 5.84. The van der Waals surface area contributed by atoms with Gasteiger partial charge in [0.15, 0.2) is 10.4 Å². The van der Waals surface area contributed by atoms with Crippen molar-refractivity contribution in [3.63, 3.8) is 0 Å². The van der Waals surface area contributed by atoms with Crippen LogP contribution in [0.2, 0.25) is 0 Å². The summed E-state index contributed by atoms with van der Waals surface area (Å²) in [6.07, 6.45) is 7.03. The van der Waals surface area contributed by atoms with Gasteiger partial charge in [0.1, 0.15) is 0 Å². The van der Waals surface area contributed by atoms with E-state index in [4.69, 9.17) is 8.94 Å². The van der Waals surface area contributed by atoms with Crippen LogP contribution in [-0.2, 0) is 0 Å². The highest BCUT2D eigenvalue weighted by Crippen LogP contribution is 2.33. The van der Waals surface area contributed by atoms with Crippen LogP contribution in [0, 0.1) is 0 Å². The maximum Gasteiger partial charge on any atom is 0.293 e. The van der Waals surface area contributed by atoms with Crippen LogP contribution in [0.4, 0.5) is 0 Å². The Morgan fingerprint density at radius 2 is 2.00 bits per heavy atom. The lowest BCUT2D eigenvalue weighted by Gasteiger charge is -2.11. The summed E-state index contributed by atoms with van der Waals surface area (Å²) in [6.45, 7) is 0. The van der Waals surface area contributed by atoms with Gasteiger partial charge in [-0.25, -0.2) is 4.98 Å². The quantitative estimate of drug-likeness (QED) is 0.472. The molecule has 1 aliphatic rings. The van der Waals surface area contributed by atoms with Crippen molar-refractivity contribution in [3.8, 4) is 23.0 Å². The third-order valence-electron chi connectivity index (χ3n) is 4.76. The van der Waals surface area contributed by atoms with Gasteiger partial charge in [-0.2, -0.15) is 4.98 Å². The molecule has 0 amide bonds. The number of aromatic nitrogens is 4. The highest BCUT2D eigenvalue weighted by molar-refractivity contribution is 9.10. The summed E-state index contributed by atoms with van der Waals surface area (Å²) in [5.74, 6) is 1.43. The molecule has 3 aromatic heterocycles. The van der Waals surface area contributed by atoms with Gasteiger partial charge in [0.2, 0.25) is 5.82 Å². The van der Waals surface area contributed by atoms with Gasteiger partial charge in [-0.1, -0.05) is 18.0 Å². The number of halogens is 1. The molecule has 1 saturated carbocycles. The number of rotatable bonds is 3. The van der Waals surface area contributed by atoms with Gasteiger partial charge >= 0.3 is 0 Å². The monoisotopic (exact) mass is 398 g/mol. The van der Waals surface area contributed by atoms with Crippen molar-refractivity contribution in [2.75, 3.05) is 0 Å². The summed E-state index contributed by atoms with van der Waals surface area (Å²) in [6, 6.07) is 10.3. The minimum absolute atomic E-state index is 0.359. The molecule has 0 N–H and O–H groups in total. The Bertz CT molecular complexity index is 1040. The Kier molecular flexibility index (Phi) is 3.48. The maximum atomic E-state index is 5.45. The minimum atomic E-state index is 0.359. The molecule has 1 fully saturated rings. The van der Waals surface area contributed by atoms with E-state index in [1.165, 1.54) is 25.7 Å². The fraction of sp³-hybridized carbons (Fsp3) is 0.278. The molecular formula is C18H15BrN4O2. The average Bonchev–Trinajstić information content (AvgIpc) is 3.39. The van der Waals surface area contributed by atoms with E-state index in [2.05, 4.69) is 41.7 Å². The lowest BCUT2D eigenvalue weighted by atomic mass is 10.1. The third kappa shape index (κ3) is 2.59. The Hall–Kier alpha value is -2.41. The van der Waals surface area contributed by atoms with Crippen molar-refractivity contribution in [2.24, 2.45) is 0 Å². The molecule has 0 bridgehead atoms. The summed E-state index contributed by atoms with van der Waals surface area (Å²) in [5, 5.41) is 4.07. The van der Waals surface area contributed by atoms with E-state index >= 15 is 0 Å². The maximum absolute atomic E-state index is 5.45. The van der Waals surface area contributed by atoms with Crippen LogP contribution in [0.3, 0.4) is 0 Å². The number of nitrogens with zero attached hydrogens (tertiary/aromatic N) is 4. The van der Waals surface area contributed by atoms with Gasteiger partial charge in [-0.15, -0.1) is 0 Å². The van der Waals surface area contributed by atoms with Crippen molar-refractivity contribution < 1.29 is 8.94 Å². The van der Waals surface area contributed by atoms with Gasteiger partial charge in [0, 0.05) is 11.6 Å². The first-order valence-electron chi connectivity index (χ1n) is 8.34. The van der Waals surface area contributed by atoms with Crippen LogP contribution < -0.4 is 0 Å². The zero-order valence-corrected chi connectivity index (χ0v) is 14.9. The topological polar surface area (TPSA) is 69.9 Å². The minimum Gasteiger partial charge on any atom is -0.444 e. The van der Waals surface area contributed by atoms with Crippen LogP contribution in [0.1, 0.15) is 31.7 Å². The van der Waals surface area contributed by atoms with E-state index in [-0.39, 0.29) is 0 Å². The molecule has 126 valence electrons. The van der Waals surface area contributed by atoms with E-state index in [9.17, 15) is 0 Å². The lowest BCUT2D eigenvalue weighted by molar-refractivity contribution is 0.414. The van der Waals surface area contributed by atoms with Gasteiger partial charge in [0.25, 0.3) is 5.89 Å². The van der Waals surface area contributed by atoms with Crippen molar-refractivity contribution in [2.45, 2.75) is 31.7 Å². The second-order valence-corrected chi connectivity index (χ2v) is 7.10. The molecule has 0 saturated heterocycles. The summed E-state index contributed by atoms with van der Waals surface area (Å²) in [4.78, 5) is 9.00. The van der Waals surface area contributed by atoms with Crippen molar-refractivity contribution in [1.29, 1.82) is 0 Å². The Balaban J connectivity index is 1.50. The van der Waals surface area contributed by atoms with Gasteiger partial charge in [-0.05, 0) is 59.1 Å². The van der Waals surface area contributed by atoms with Crippen molar-refractivity contribution in [1.82, 2.24) is 19.7 Å². The molecule has 5 rings (SSSR count). The molecule has 1 aromatic carbocycles. The normalized spacial score (nSPS) is 15.4. The van der Waals surface area contributed by atoms with E-state index in [1.807, 2.05) is 18.5 Å². The fourth-order valence-electron chi connectivity index (χ4n) is 3.51. The van der Waals surface area contributed by atoms with E-state index in [0.717, 1.165) is 16.6 Å². The van der Waals surface area contributed by atoms with Gasteiger partial charge in [0.05, 0.1) is 17.4 Å². The van der Waals surface area contributed by atoms with Crippen LogP contribution >= 0.6 is 15.9 Å². The van der Waals surface area contributed by atoms with Crippen LogP contribution in [0.25, 0.3) is 34.1 Å². The molecule has 0 spiro atoms. The number of imidazole rings is 1. The number of fused-ring (bicyclic) bond motifs is 1. The molecule has 0 aliphatic heterocycles. The average molecular weight is 399 g/mol. The molecule has 4 aromatic rings. The number of hydrogen-bond acceptors (Lipinski definition) is 5. The molecule has 0 radical (unpaired) electrons. The van der Waals surface area contributed by atoms with E-state index < -0.39 is 0 Å². The highest BCUT2D eigenvalue weighted by atomic mass is 79.9. The molecule has 3 heterocycles. The molecule has 1 aliphatic carbocycles. The SMILES string of the molecule is Brc1ccc(-c2nc(-c3ccc4c(c3)ncn4C3CCCC3)no2)o1. The first-order valence-corrected chi connectivity index (χ1v) is 9.13. The summed E-state index contributed by atoms with van der Waals surface area (Å²) in [5.41, 5.74) is 3.00. The molecule has 0 atom stereocenters. The standard InChI is InChI=1S/C18H15BrN4O2/c19-16-8-7-15(24-16)18-21-17(22-25-18)11-5-6-14-13(9-11)20-10-23(14)12-3-1-2-4-12/h5-10,12H,1-4H2. The number of furan rings is 1. The van der Waals surface area contributed by atoms with Crippen molar-refractivity contribution in [3.05, 3.63) is 41.3 Å². The molecule has 7 heteroatoms. The molecule has 0 unspecified atom stereocenters. The first-order chi connectivity index (χ1) is 12.3. The predicted molar refractivity (Wildman–Crippen MR) is 95.9 cm³/mol. The van der Waals surface area contributed by atoms with Gasteiger partial charge in [-0.3, -0.25) is 0 Å². The van der Waals surface area contributed by atoms with E-state index in [1.54, 1.807) is 12.1 Å².